The molecule has 1 aliphatic heterocycles. The molecular formula is C11H14N2O2. The van der Waals surface area contributed by atoms with Crippen molar-refractivity contribution in [1.29, 1.82) is 0 Å². The number of nitrogens with one attached hydrogen (secondary N) is 1. The van der Waals surface area contributed by atoms with E-state index in [1.807, 2.05) is 0 Å². The van der Waals surface area contributed by atoms with Crippen LogP contribution in [-0.4, -0.2) is 42.8 Å². The number of nitrogens with zero attached hydrogens (tertiary/aromatic N) is 1. The third-order valence-corrected chi connectivity index (χ3v) is 2.68. The maximum Gasteiger partial charge on any atom is 0.237 e. The summed E-state index contributed by atoms with van der Waals surface area (Å²) < 4.78 is 0. The Kier molecular flexibility index (Phi) is 2.97. The lowest BCUT2D eigenvalue weighted by atomic mass is 9.97. The van der Waals surface area contributed by atoms with Gasteiger partial charge in [-0.05, 0) is 6.08 Å². The van der Waals surface area contributed by atoms with E-state index in [2.05, 4.69) is 5.32 Å². The number of amides is 1. The zero-order valence-electron chi connectivity index (χ0n) is 8.48. The first kappa shape index (κ1) is 10.1. The summed E-state index contributed by atoms with van der Waals surface area (Å²) in [5.74, 6) is -0.767. The summed E-state index contributed by atoms with van der Waals surface area (Å²) in [6.07, 6.45) is 6.56. The van der Waals surface area contributed by atoms with Crippen LogP contribution < -0.4 is 5.32 Å². The van der Waals surface area contributed by atoms with Gasteiger partial charge in [-0.15, -0.1) is 0 Å². The Labute approximate surface area is 88.6 Å². The monoisotopic (exact) mass is 206 g/mol. The summed E-state index contributed by atoms with van der Waals surface area (Å²) in [6, 6.07) is 0. The Morgan fingerprint density at radius 1 is 1.33 bits per heavy atom. The summed E-state index contributed by atoms with van der Waals surface area (Å²) in [6.45, 7) is 3.01. The summed E-state index contributed by atoms with van der Waals surface area (Å²) in [4.78, 5) is 25.2. The molecule has 0 aromatic heterocycles. The third kappa shape index (κ3) is 2.15. The normalized spacial score (nSPS) is 25.7. The molecule has 0 bridgehead atoms. The molecule has 0 aromatic carbocycles. The van der Waals surface area contributed by atoms with Crippen LogP contribution in [0.3, 0.4) is 0 Å². The quantitative estimate of drug-likeness (QED) is 0.601. The Morgan fingerprint density at radius 3 is 2.73 bits per heavy atom. The number of ketones is 1. The lowest BCUT2D eigenvalue weighted by molar-refractivity contribution is -0.138. The fraction of sp³-hybridized carbons (Fsp3) is 0.455. The van der Waals surface area contributed by atoms with Gasteiger partial charge in [-0.3, -0.25) is 9.59 Å². The van der Waals surface area contributed by atoms with Gasteiger partial charge in [-0.1, -0.05) is 18.2 Å². The summed E-state index contributed by atoms with van der Waals surface area (Å²) in [5.41, 5.74) is 0. The highest BCUT2D eigenvalue weighted by molar-refractivity contribution is 6.09. The second-order valence-electron chi connectivity index (χ2n) is 3.70. The first-order valence-electron chi connectivity index (χ1n) is 5.17. The molecule has 1 heterocycles. The minimum Gasteiger partial charge on any atom is -0.339 e. The molecule has 2 aliphatic rings. The lowest BCUT2D eigenvalue weighted by Crippen LogP contribution is -2.49. The van der Waals surface area contributed by atoms with Gasteiger partial charge in [-0.2, -0.15) is 0 Å². The lowest BCUT2D eigenvalue weighted by Gasteiger charge is -2.29. The summed E-state index contributed by atoms with van der Waals surface area (Å²) in [7, 11) is 0. The Bertz CT molecular complexity index is 327. The fourth-order valence-electron chi connectivity index (χ4n) is 1.81. The van der Waals surface area contributed by atoms with Gasteiger partial charge >= 0.3 is 0 Å². The van der Waals surface area contributed by atoms with Crippen molar-refractivity contribution < 1.29 is 9.59 Å². The number of piperazine rings is 1. The van der Waals surface area contributed by atoms with E-state index in [9.17, 15) is 9.59 Å². The first-order chi connectivity index (χ1) is 7.29. The van der Waals surface area contributed by atoms with E-state index in [1.54, 1.807) is 23.1 Å². The second-order valence-corrected chi connectivity index (χ2v) is 3.70. The van der Waals surface area contributed by atoms with Gasteiger partial charge in [0.05, 0.1) is 0 Å². The molecule has 1 atom stereocenters. The largest absolute Gasteiger partial charge is 0.339 e. The van der Waals surface area contributed by atoms with Crippen LogP contribution in [0.1, 0.15) is 0 Å². The maximum absolute atomic E-state index is 12.0. The first-order valence-corrected chi connectivity index (χ1v) is 5.17. The highest BCUT2D eigenvalue weighted by atomic mass is 16.2. The van der Waals surface area contributed by atoms with Gasteiger partial charge in [-0.25, -0.2) is 0 Å². The van der Waals surface area contributed by atoms with Crippen LogP contribution in [0.2, 0.25) is 0 Å². The van der Waals surface area contributed by atoms with E-state index < -0.39 is 5.92 Å². The van der Waals surface area contributed by atoms with Crippen LogP contribution in [0.25, 0.3) is 0 Å². The van der Waals surface area contributed by atoms with Crippen molar-refractivity contribution in [1.82, 2.24) is 10.2 Å². The molecule has 1 amide bonds. The second kappa shape index (κ2) is 4.40. The summed E-state index contributed by atoms with van der Waals surface area (Å²) in [5, 5.41) is 3.17. The van der Waals surface area contributed by atoms with Gasteiger partial charge in [0.15, 0.2) is 5.78 Å². The molecule has 15 heavy (non-hydrogen) atoms. The van der Waals surface area contributed by atoms with E-state index >= 15 is 0 Å². The molecule has 0 radical (unpaired) electrons. The van der Waals surface area contributed by atoms with Crippen LogP contribution >= 0.6 is 0 Å². The Morgan fingerprint density at radius 2 is 2.07 bits per heavy atom. The SMILES string of the molecule is O=C1C=CC=CC1C(=O)N1CCNCC1. The molecule has 1 unspecified atom stereocenters. The third-order valence-electron chi connectivity index (χ3n) is 2.68. The van der Waals surface area contributed by atoms with Crippen molar-refractivity contribution in [3.63, 3.8) is 0 Å². The summed E-state index contributed by atoms with van der Waals surface area (Å²) >= 11 is 0. The number of rotatable bonds is 1. The molecule has 2 rings (SSSR count). The highest BCUT2D eigenvalue weighted by Gasteiger charge is 2.28. The average Bonchev–Trinajstić information content (AvgIpc) is 2.30. The molecule has 1 aliphatic carbocycles. The van der Waals surface area contributed by atoms with Gasteiger partial charge in [0.25, 0.3) is 0 Å². The number of hydrogen-bond acceptors (Lipinski definition) is 3. The van der Waals surface area contributed by atoms with E-state index in [4.69, 9.17) is 0 Å². The molecule has 0 saturated carbocycles. The minimum atomic E-state index is -0.590. The van der Waals surface area contributed by atoms with Crippen molar-refractivity contribution in [2.45, 2.75) is 0 Å². The van der Waals surface area contributed by atoms with Crippen molar-refractivity contribution >= 4 is 11.7 Å². The number of carbonyl (C=O) groups is 2. The molecule has 80 valence electrons. The van der Waals surface area contributed by atoms with Gasteiger partial charge < -0.3 is 10.2 Å². The molecule has 0 spiro atoms. The van der Waals surface area contributed by atoms with Gasteiger partial charge in [0.2, 0.25) is 5.91 Å². The molecule has 0 aromatic rings. The zero-order valence-corrected chi connectivity index (χ0v) is 8.48. The van der Waals surface area contributed by atoms with E-state index in [1.165, 1.54) is 6.08 Å². The molecule has 4 heteroatoms. The average molecular weight is 206 g/mol. The van der Waals surface area contributed by atoms with E-state index in [0.29, 0.717) is 13.1 Å². The van der Waals surface area contributed by atoms with Gasteiger partial charge in [0.1, 0.15) is 5.92 Å². The van der Waals surface area contributed by atoms with Crippen LogP contribution in [0, 0.1) is 5.92 Å². The van der Waals surface area contributed by atoms with Gasteiger partial charge in [0, 0.05) is 26.2 Å². The molecule has 4 nitrogen and oxygen atoms in total. The number of allylic oxidation sites excluding steroid dienone is 3. The highest BCUT2D eigenvalue weighted by Crippen LogP contribution is 2.12. The Balaban J connectivity index is 2.03. The molecule has 1 N–H and O–H groups in total. The maximum atomic E-state index is 12.0. The van der Waals surface area contributed by atoms with E-state index in [-0.39, 0.29) is 11.7 Å². The standard InChI is InChI=1S/C11H14N2O2/c14-10-4-2-1-3-9(10)11(15)13-7-5-12-6-8-13/h1-4,9,12H,5-8H2. The predicted octanol–water partition coefficient (Wildman–Crippen LogP) is -0.270. The van der Waals surface area contributed by atoms with Crippen molar-refractivity contribution in [3.05, 3.63) is 24.3 Å². The zero-order chi connectivity index (χ0) is 10.7. The van der Waals surface area contributed by atoms with Crippen molar-refractivity contribution in [3.8, 4) is 0 Å². The molecule has 1 saturated heterocycles. The Hall–Kier alpha value is -1.42. The molecule has 1 fully saturated rings. The predicted molar refractivity (Wildman–Crippen MR) is 56.2 cm³/mol. The topological polar surface area (TPSA) is 49.4 Å². The fourth-order valence-corrected chi connectivity index (χ4v) is 1.81. The smallest absolute Gasteiger partial charge is 0.237 e. The number of carbonyl (C=O) groups excluding carboxylic acids is 2. The van der Waals surface area contributed by atoms with Crippen LogP contribution in [-0.2, 0) is 9.59 Å². The van der Waals surface area contributed by atoms with Crippen molar-refractivity contribution in [2.75, 3.05) is 26.2 Å². The molecular weight excluding hydrogens is 192 g/mol. The van der Waals surface area contributed by atoms with Crippen LogP contribution in [0.15, 0.2) is 24.3 Å². The van der Waals surface area contributed by atoms with Crippen LogP contribution in [0.5, 0.6) is 0 Å². The van der Waals surface area contributed by atoms with Crippen LogP contribution in [0.4, 0.5) is 0 Å². The van der Waals surface area contributed by atoms with Crippen molar-refractivity contribution in [2.24, 2.45) is 5.92 Å². The van der Waals surface area contributed by atoms with E-state index in [0.717, 1.165) is 13.1 Å². The number of hydrogen-bond donors (Lipinski definition) is 1. The minimum absolute atomic E-state index is 0.0675.